The Morgan fingerprint density at radius 1 is 1.44 bits per heavy atom. The summed E-state index contributed by atoms with van der Waals surface area (Å²) in [6.45, 7) is 0.678. The van der Waals surface area contributed by atoms with E-state index in [1.54, 1.807) is 19.4 Å². The molecule has 2 atom stereocenters. The van der Waals surface area contributed by atoms with Crippen LogP contribution in [-0.2, 0) is 17.9 Å². The van der Waals surface area contributed by atoms with Crippen LogP contribution in [0.5, 0.6) is 0 Å². The molecule has 1 aromatic carbocycles. The highest BCUT2D eigenvalue weighted by Crippen LogP contribution is 2.35. The van der Waals surface area contributed by atoms with Crippen molar-refractivity contribution < 1.29 is 23.4 Å². The molecule has 0 bridgehead atoms. The second kappa shape index (κ2) is 7.18. The van der Waals surface area contributed by atoms with Crippen molar-refractivity contribution in [1.29, 1.82) is 0 Å². The third-order valence-electron chi connectivity index (χ3n) is 4.50. The van der Waals surface area contributed by atoms with Gasteiger partial charge in [0.15, 0.2) is 11.6 Å². The Morgan fingerprint density at radius 2 is 2.24 bits per heavy atom. The SMILES string of the molecule is COCc1cnc2n1C[C@H](c1cccc(F)c1F)CC[C@H]2NC(=O)O. The van der Waals surface area contributed by atoms with Crippen molar-refractivity contribution in [2.45, 2.75) is 38.0 Å². The molecule has 0 saturated heterocycles. The fraction of sp³-hybridized carbons (Fsp3) is 0.412. The van der Waals surface area contributed by atoms with E-state index < -0.39 is 23.8 Å². The highest BCUT2D eigenvalue weighted by atomic mass is 19.2. The highest BCUT2D eigenvalue weighted by Gasteiger charge is 2.30. The molecule has 1 amide bonds. The zero-order chi connectivity index (χ0) is 18.0. The Labute approximate surface area is 143 Å². The summed E-state index contributed by atoms with van der Waals surface area (Å²) in [5.41, 5.74) is 1.05. The van der Waals surface area contributed by atoms with Gasteiger partial charge in [-0.1, -0.05) is 12.1 Å². The van der Waals surface area contributed by atoms with Gasteiger partial charge in [-0.3, -0.25) is 0 Å². The second-order valence-corrected chi connectivity index (χ2v) is 6.07. The maximum absolute atomic E-state index is 14.2. The third kappa shape index (κ3) is 3.48. The van der Waals surface area contributed by atoms with E-state index in [9.17, 15) is 13.6 Å². The molecule has 2 aromatic rings. The van der Waals surface area contributed by atoms with Gasteiger partial charge in [0, 0.05) is 19.6 Å². The number of carbonyl (C=O) groups is 1. The lowest BCUT2D eigenvalue weighted by molar-refractivity contribution is 0.177. The van der Waals surface area contributed by atoms with E-state index in [1.807, 2.05) is 4.57 Å². The maximum Gasteiger partial charge on any atom is 0.405 e. The smallest absolute Gasteiger partial charge is 0.405 e. The summed E-state index contributed by atoms with van der Waals surface area (Å²) in [4.78, 5) is 15.4. The first kappa shape index (κ1) is 17.3. The summed E-state index contributed by atoms with van der Waals surface area (Å²) >= 11 is 0. The number of nitrogens with one attached hydrogen (secondary N) is 1. The van der Waals surface area contributed by atoms with Crippen LogP contribution in [0.15, 0.2) is 24.4 Å². The predicted octanol–water partition coefficient (Wildman–Crippen LogP) is 3.19. The summed E-state index contributed by atoms with van der Waals surface area (Å²) in [5.74, 6) is -1.47. The average Bonchev–Trinajstić information content (AvgIpc) is 2.86. The molecule has 25 heavy (non-hydrogen) atoms. The van der Waals surface area contributed by atoms with Crippen LogP contribution in [-0.4, -0.2) is 27.9 Å². The number of carboxylic acid groups (broad SMARTS) is 1. The number of hydrogen-bond acceptors (Lipinski definition) is 3. The minimum atomic E-state index is -1.15. The summed E-state index contributed by atoms with van der Waals surface area (Å²) in [6.07, 6.45) is 1.42. The Morgan fingerprint density at radius 3 is 2.96 bits per heavy atom. The van der Waals surface area contributed by atoms with Crippen LogP contribution in [0.3, 0.4) is 0 Å². The van der Waals surface area contributed by atoms with Crippen molar-refractivity contribution in [1.82, 2.24) is 14.9 Å². The van der Waals surface area contributed by atoms with E-state index >= 15 is 0 Å². The van der Waals surface area contributed by atoms with Crippen LogP contribution in [0.4, 0.5) is 13.6 Å². The van der Waals surface area contributed by atoms with E-state index in [4.69, 9.17) is 9.84 Å². The minimum Gasteiger partial charge on any atom is -0.465 e. The van der Waals surface area contributed by atoms with Crippen LogP contribution >= 0.6 is 0 Å². The van der Waals surface area contributed by atoms with Gasteiger partial charge < -0.3 is 19.7 Å². The van der Waals surface area contributed by atoms with E-state index in [1.165, 1.54) is 6.07 Å². The van der Waals surface area contributed by atoms with Crippen molar-refractivity contribution in [3.05, 3.63) is 53.1 Å². The van der Waals surface area contributed by atoms with Crippen LogP contribution < -0.4 is 5.32 Å². The summed E-state index contributed by atoms with van der Waals surface area (Å²) < 4.78 is 34.9. The number of hydrogen-bond donors (Lipinski definition) is 2. The Balaban J connectivity index is 1.99. The zero-order valence-electron chi connectivity index (χ0n) is 13.7. The summed E-state index contributed by atoms with van der Waals surface area (Å²) in [7, 11) is 1.55. The van der Waals surface area contributed by atoms with Crippen molar-refractivity contribution in [3.63, 3.8) is 0 Å². The number of amides is 1. The maximum atomic E-state index is 14.2. The monoisotopic (exact) mass is 351 g/mol. The first-order valence-electron chi connectivity index (χ1n) is 7.97. The molecule has 0 unspecified atom stereocenters. The molecule has 0 fully saturated rings. The Hall–Kier alpha value is -2.48. The molecule has 134 valence electrons. The first-order chi connectivity index (χ1) is 12.0. The molecule has 3 rings (SSSR count). The number of rotatable bonds is 4. The van der Waals surface area contributed by atoms with E-state index in [-0.39, 0.29) is 5.92 Å². The number of imidazole rings is 1. The number of fused-ring (bicyclic) bond motifs is 1. The highest BCUT2D eigenvalue weighted by molar-refractivity contribution is 5.65. The lowest BCUT2D eigenvalue weighted by atomic mass is 9.93. The van der Waals surface area contributed by atoms with Gasteiger partial charge in [-0.2, -0.15) is 0 Å². The normalized spacial score (nSPS) is 20.0. The average molecular weight is 351 g/mol. The number of benzene rings is 1. The van der Waals surface area contributed by atoms with E-state index in [0.717, 1.165) is 11.8 Å². The fourth-order valence-electron chi connectivity index (χ4n) is 3.36. The largest absolute Gasteiger partial charge is 0.465 e. The van der Waals surface area contributed by atoms with Crippen molar-refractivity contribution >= 4 is 6.09 Å². The molecule has 2 heterocycles. The molecule has 8 heteroatoms. The van der Waals surface area contributed by atoms with Crippen LogP contribution in [0, 0.1) is 11.6 Å². The number of nitrogens with zero attached hydrogens (tertiary/aromatic N) is 2. The zero-order valence-corrected chi connectivity index (χ0v) is 13.7. The van der Waals surface area contributed by atoms with E-state index in [2.05, 4.69) is 10.3 Å². The van der Waals surface area contributed by atoms with Crippen molar-refractivity contribution in [2.75, 3.05) is 7.11 Å². The van der Waals surface area contributed by atoms with Crippen molar-refractivity contribution in [2.24, 2.45) is 0 Å². The number of halogens is 2. The van der Waals surface area contributed by atoms with Gasteiger partial charge in [-0.05, 0) is 24.5 Å². The predicted molar refractivity (Wildman–Crippen MR) is 85.2 cm³/mol. The van der Waals surface area contributed by atoms with Gasteiger partial charge in [0.2, 0.25) is 0 Å². The van der Waals surface area contributed by atoms with Gasteiger partial charge in [-0.15, -0.1) is 0 Å². The Bertz CT molecular complexity index is 778. The van der Waals surface area contributed by atoms with Gasteiger partial charge >= 0.3 is 6.09 Å². The van der Waals surface area contributed by atoms with Gasteiger partial charge in [0.25, 0.3) is 0 Å². The van der Waals surface area contributed by atoms with Crippen LogP contribution in [0.1, 0.15) is 41.9 Å². The molecule has 0 spiro atoms. The molecule has 1 aromatic heterocycles. The molecular formula is C17H19F2N3O3. The van der Waals surface area contributed by atoms with Gasteiger partial charge in [-0.25, -0.2) is 18.6 Å². The quantitative estimate of drug-likeness (QED) is 0.887. The number of ether oxygens (including phenoxy) is 1. The third-order valence-corrected chi connectivity index (χ3v) is 4.50. The standard InChI is InChI=1S/C17H19F2N3O3/c1-25-9-11-7-20-16-14(21-17(23)24)6-5-10(8-22(11)16)12-3-2-4-13(18)15(12)19/h2-4,7,10,14,21H,5-6,8-9H2,1H3,(H,23,24)/t10-,14-/m1/s1. The lowest BCUT2D eigenvalue weighted by Gasteiger charge is -2.18. The van der Waals surface area contributed by atoms with Gasteiger partial charge in [0.05, 0.1) is 24.5 Å². The molecule has 2 N–H and O–H groups in total. The van der Waals surface area contributed by atoms with Gasteiger partial charge in [0.1, 0.15) is 5.82 Å². The first-order valence-corrected chi connectivity index (χ1v) is 7.97. The molecule has 0 saturated carbocycles. The van der Waals surface area contributed by atoms with Crippen LogP contribution in [0.2, 0.25) is 0 Å². The topological polar surface area (TPSA) is 76.4 Å². The summed E-state index contributed by atoms with van der Waals surface area (Å²) in [6, 6.07) is 3.63. The molecule has 0 radical (unpaired) electrons. The molecule has 1 aliphatic rings. The minimum absolute atomic E-state index is 0.291. The number of methoxy groups -OCH3 is 1. The second-order valence-electron chi connectivity index (χ2n) is 6.07. The van der Waals surface area contributed by atoms with Crippen LogP contribution in [0.25, 0.3) is 0 Å². The lowest BCUT2D eigenvalue weighted by Crippen LogP contribution is -2.28. The molecular weight excluding hydrogens is 332 g/mol. The molecule has 6 nitrogen and oxygen atoms in total. The molecule has 1 aliphatic heterocycles. The fourth-order valence-corrected chi connectivity index (χ4v) is 3.36. The Kier molecular flexibility index (Phi) is 4.98. The van der Waals surface area contributed by atoms with E-state index in [0.29, 0.717) is 37.4 Å². The summed E-state index contributed by atoms with van der Waals surface area (Å²) in [5, 5.41) is 11.5. The van der Waals surface area contributed by atoms with Crippen molar-refractivity contribution in [3.8, 4) is 0 Å². The number of aromatic nitrogens is 2. The molecule has 0 aliphatic carbocycles.